The summed E-state index contributed by atoms with van der Waals surface area (Å²) in [6.45, 7) is 4.08. The molecule has 3 aromatic rings. The number of rotatable bonds is 5. The van der Waals surface area contributed by atoms with Crippen LogP contribution in [-0.4, -0.2) is 32.8 Å². The van der Waals surface area contributed by atoms with E-state index in [1.807, 2.05) is 32.0 Å². The summed E-state index contributed by atoms with van der Waals surface area (Å²) in [4.78, 5) is 12.3. The Morgan fingerprint density at radius 3 is 2.62 bits per heavy atom. The Morgan fingerprint density at radius 2 is 1.88 bits per heavy atom. The summed E-state index contributed by atoms with van der Waals surface area (Å²) < 4.78 is 6.78. The van der Waals surface area contributed by atoms with Crippen LogP contribution in [0.3, 0.4) is 0 Å². The standard InChI is InChI=1S/C18H19N3O3/c1-12-7-13(2)9-15(8-12)24-11-14(22)10-21-18(23)16-5-3-4-6-17(16)19-20-21/h3-9,14,22H,10-11H2,1-2H3. The first-order valence-corrected chi connectivity index (χ1v) is 7.74. The van der Waals surface area contributed by atoms with Crippen LogP contribution < -0.4 is 10.3 Å². The first-order chi connectivity index (χ1) is 11.5. The molecule has 0 aliphatic carbocycles. The molecule has 6 nitrogen and oxygen atoms in total. The van der Waals surface area contributed by atoms with Crippen molar-refractivity contribution in [3.8, 4) is 5.75 Å². The Balaban J connectivity index is 1.70. The lowest BCUT2D eigenvalue weighted by Crippen LogP contribution is -2.32. The van der Waals surface area contributed by atoms with Gasteiger partial charge in [-0.25, -0.2) is 4.68 Å². The molecule has 0 bridgehead atoms. The quantitative estimate of drug-likeness (QED) is 0.774. The van der Waals surface area contributed by atoms with E-state index in [1.165, 1.54) is 0 Å². The minimum atomic E-state index is -0.862. The van der Waals surface area contributed by atoms with Crippen molar-refractivity contribution in [2.75, 3.05) is 6.61 Å². The van der Waals surface area contributed by atoms with Crippen molar-refractivity contribution in [1.82, 2.24) is 15.0 Å². The van der Waals surface area contributed by atoms with Gasteiger partial charge in [0.05, 0.1) is 11.9 Å². The highest BCUT2D eigenvalue weighted by molar-refractivity contribution is 5.76. The molecule has 1 heterocycles. The van der Waals surface area contributed by atoms with Gasteiger partial charge in [-0.15, -0.1) is 5.10 Å². The van der Waals surface area contributed by atoms with Crippen LogP contribution in [0.25, 0.3) is 10.9 Å². The summed E-state index contributed by atoms with van der Waals surface area (Å²) in [6, 6.07) is 12.9. The Labute approximate surface area is 139 Å². The number of aliphatic hydroxyl groups excluding tert-OH is 1. The van der Waals surface area contributed by atoms with Gasteiger partial charge in [-0.3, -0.25) is 4.79 Å². The molecule has 2 aromatic carbocycles. The summed E-state index contributed by atoms with van der Waals surface area (Å²) in [5.41, 5.74) is 2.46. The average molecular weight is 325 g/mol. The number of aryl methyl sites for hydroxylation is 2. The molecular formula is C18H19N3O3. The number of nitrogens with zero attached hydrogens (tertiary/aromatic N) is 3. The predicted octanol–water partition coefficient (Wildman–Crippen LogP) is 1.85. The predicted molar refractivity (Wildman–Crippen MR) is 91.2 cm³/mol. The zero-order valence-electron chi connectivity index (χ0n) is 13.6. The van der Waals surface area contributed by atoms with Crippen molar-refractivity contribution < 1.29 is 9.84 Å². The first kappa shape index (κ1) is 16.1. The van der Waals surface area contributed by atoms with E-state index in [2.05, 4.69) is 10.3 Å². The molecule has 0 radical (unpaired) electrons. The zero-order chi connectivity index (χ0) is 17.1. The Morgan fingerprint density at radius 1 is 1.17 bits per heavy atom. The van der Waals surface area contributed by atoms with Crippen LogP contribution in [-0.2, 0) is 6.54 Å². The van der Waals surface area contributed by atoms with E-state index in [9.17, 15) is 9.90 Å². The van der Waals surface area contributed by atoms with Gasteiger partial charge in [0.1, 0.15) is 24.0 Å². The van der Waals surface area contributed by atoms with Crippen LogP contribution in [0.5, 0.6) is 5.75 Å². The van der Waals surface area contributed by atoms with Gasteiger partial charge in [0.15, 0.2) is 0 Å². The number of hydrogen-bond donors (Lipinski definition) is 1. The van der Waals surface area contributed by atoms with Crippen molar-refractivity contribution >= 4 is 10.9 Å². The van der Waals surface area contributed by atoms with Crippen LogP contribution in [0.15, 0.2) is 47.3 Å². The summed E-state index contributed by atoms with van der Waals surface area (Å²) in [5.74, 6) is 0.698. The van der Waals surface area contributed by atoms with Gasteiger partial charge < -0.3 is 9.84 Å². The van der Waals surface area contributed by atoms with Crippen molar-refractivity contribution in [2.45, 2.75) is 26.5 Å². The van der Waals surface area contributed by atoms with Gasteiger partial charge in [-0.05, 0) is 49.2 Å². The lowest BCUT2D eigenvalue weighted by molar-refractivity contribution is 0.0872. The number of benzene rings is 2. The molecule has 1 unspecified atom stereocenters. The second-order valence-corrected chi connectivity index (χ2v) is 5.88. The van der Waals surface area contributed by atoms with E-state index in [1.54, 1.807) is 24.3 Å². The first-order valence-electron chi connectivity index (χ1n) is 7.74. The van der Waals surface area contributed by atoms with Crippen molar-refractivity contribution in [1.29, 1.82) is 0 Å². The zero-order valence-corrected chi connectivity index (χ0v) is 13.6. The molecule has 6 heteroatoms. The number of ether oxygens (including phenoxy) is 1. The molecule has 0 fully saturated rings. The molecule has 124 valence electrons. The van der Waals surface area contributed by atoms with Crippen LogP contribution in [0, 0.1) is 13.8 Å². The third-order valence-electron chi connectivity index (χ3n) is 3.65. The molecule has 0 spiro atoms. The third kappa shape index (κ3) is 3.60. The second kappa shape index (κ2) is 6.80. The van der Waals surface area contributed by atoms with Gasteiger partial charge in [-0.2, -0.15) is 0 Å². The monoisotopic (exact) mass is 325 g/mol. The third-order valence-corrected chi connectivity index (χ3v) is 3.65. The fraction of sp³-hybridized carbons (Fsp3) is 0.278. The number of hydrogen-bond acceptors (Lipinski definition) is 5. The second-order valence-electron chi connectivity index (χ2n) is 5.88. The molecule has 0 aliphatic heterocycles. The highest BCUT2D eigenvalue weighted by Crippen LogP contribution is 2.16. The molecule has 1 atom stereocenters. The maximum atomic E-state index is 12.3. The summed E-state index contributed by atoms with van der Waals surface area (Å²) in [5, 5.41) is 18.5. The Hall–Kier alpha value is -2.73. The highest BCUT2D eigenvalue weighted by atomic mass is 16.5. The molecule has 1 aromatic heterocycles. The summed E-state index contributed by atoms with van der Waals surface area (Å²) in [7, 11) is 0. The smallest absolute Gasteiger partial charge is 0.277 e. The summed E-state index contributed by atoms with van der Waals surface area (Å²) >= 11 is 0. The maximum absolute atomic E-state index is 12.3. The SMILES string of the molecule is Cc1cc(C)cc(OCC(O)Cn2nnc3ccccc3c2=O)c1. The molecule has 0 saturated carbocycles. The molecule has 1 N–H and O–H groups in total. The molecule has 0 saturated heterocycles. The lowest BCUT2D eigenvalue weighted by atomic mass is 10.1. The van der Waals surface area contributed by atoms with E-state index in [-0.39, 0.29) is 18.7 Å². The van der Waals surface area contributed by atoms with E-state index in [0.29, 0.717) is 16.7 Å². The van der Waals surface area contributed by atoms with Crippen LogP contribution in [0.1, 0.15) is 11.1 Å². The van der Waals surface area contributed by atoms with Crippen LogP contribution in [0.2, 0.25) is 0 Å². The van der Waals surface area contributed by atoms with E-state index < -0.39 is 6.10 Å². The van der Waals surface area contributed by atoms with Gasteiger partial charge in [-0.1, -0.05) is 23.4 Å². The summed E-state index contributed by atoms with van der Waals surface area (Å²) in [6.07, 6.45) is -0.862. The molecule has 24 heavy (non-hydrogen) atoms. The minimum absolute atomic E-state index is 0.0292. The number of aliphatic hydroxyl groups is 1. The molecule has 0 amide bonds. The van der Waals surface area contributed by atoms with Crippen molar-refractivity contribution in [3.05, 3.63) is 63.9 Å². The van der Waals surface area contributed by atoms with Crippen LogP contribution in [0.4, 0.5) is 0 Å². The Kier molecular flexibility index (Phi) is 4.57. The fourth-order valence-corrected chi connectivity index (χ4v) is 2.60. The van der Waals surface area contributed by atoms with Crippen molar-refractivity contribution in [2.24, 2.45) is 0 Å². The normalized spacial score (nSPS) is 12.3. The molecule has 0 aliphatic rings. The average Bonchev–Trinajstić information content (AvgIpc) is 2.55. The van der Waals surface area contributed by atoms with Gasteiger partial charge in [0.25, 0.3) is 5.56 Å². The largest absolute Gasteiger partial charge is 0.491 e. The van der Waals surface area contributed by atoms with Crippen molar-refractivity contribution in [3.63, 3.8) is 0 Å². The van der Waals surface area contributed by atoms with Gasteiger partial charge in [0.2, 0.25) is 0 Å². The number of aromatic nitrogens is 3. The Bertz CT molecular complexity index is 901. The van der Waals surface area contributed by atoms with Crippen LogP contribution >= 0.6 is 0 Å². The van der Waals surface area contributed by atoms with E-state index >= 15 is 0 Å². The lowest BCUT2D eigenvalue weighted by Gasteiger charge is -2.14. The number of fused-ring (bicyclic) bond motifs is 1. The molecule has 3 rings (SSSR count). The van der Waals surface area contributed by atoms with E-state index in [4.69, 9.17) is 4.74 Å². The maximum Gasteiger partial charge on any atom is 0.277 e. The molecular weight excluding hydrogens is 306 g/mol. The fourth-order valence-electron chi connectivity index (χ4n) is 2.60. The van der Waals surface area contributed by atoms with E-state index in [0.717, 1.165) is 15.8 Å². The topological polar surface area (TPSA) is 77.2 Å². The highest BCUT2D eigenvalue weighted by Gasteiger charge is 2.11. The van der Waals surface area contributed by atoms with Gasteiger partial charge >= 0.3 is 0 Å². The minimum Gasteiger partial charge on any atom is -0.491 e. The van der Waals surface area contributed by atoms with Gasteiger partial charge in [0, 0.05) is 0 Å².